The summed E-state index contributed by atoms with van der Waals surface area (Å²) in [6.07, 6.45) is 1.31. The van der Waals surface area contributed by atoms with Crippen molar-refractivity contribution in [1.82, 2.24) is 10.6 Å². The van der Waals surface area contributed by atoms with Crippen molar-refractivity contribution in [3.63, 3.8) is 0 Å². The highest BCUT2D eigenvalue weighted by molar-refractivity contribution is 7.10. The molecule has 0 saturated heterocycles. The van der Waals surface area contributed by atoms with E-state index in [0.717, 1.165) is 11.3 Å². The Morgan fingerprint density at radius 2 is 1.61 bits per heavy atom. The van der Waals surface area contributed by atoms with E-state index < -0.39 is 0 Å². The van der Waals surface area contributed by atoms with E-state index in [0.29, 0.717) is 24.3 Å². The molecule has 2 atom stereocenters. The molecule has 6 rings (SSSR count). The summed E-state index contributed by atoms with van der Waals surface area (Å²) in [5, 5.41) is 8.06. The van der Waals surface area contributed by atoms with E-state index in [1.54, 1.807) is 11.3 Å². The monoisotopic (exact) mass is 430 g/mol. The molecule has 2 amide bonds. The number of hydrogen-bond donors (Lipinski definition) is 2. The van der Waals surface area contributed by atoms with Crippen molar-refractivity contribution in [2.75, 3.05) is 6.54 Å². The van der Waals surface area contributed by atoms with Gasteiger partial charge in [-0.25, -0.2) is 0 Å². The molecule has 158 valence electrons. The van der Waals surface area contributed by atoms with E-state index in [1.807, 2.05) is 17.5 Å². The lowest BCUT2D eigenvalue weighted by molar-refractivity contribution is -0.123. The number of carbonyl (C=O) groups excluding carboxylic acids is 2. The van der Waals surface area contributed by atoms with Crippen molar-refractivity contribution in [3.05, 3.63) is 93.2 Å². The second-order valence-electron chi connectivity index (χ2n) is 8.56. The SMILES string of the molecule is CC(=O)N[C@@H](CC(=O)NC[C@@H]1CC2c3ccccc3C1c1ccccc12)c1cccs1. The topological polar surface area (TPSA) is 58.2 Å². The predicted molar refractivity (Wildman–Crippen MR) is 123 cm³/mol. The molecular weight excluding hydrogens is 404 g/mol. The van der Waals surface area contributed by atoms with Crippen molar-refractivity contribution >= 4 is 23.2 Å². The number of amides is 2. The average Bonchev–Trinajstić information content (AvgIpc) is 3.32. The summed E-state index contributed by atoms with van der Waals surface area (Å²) in [4.78, 5) is 25.4. The van der Waals surface area contributed by atoms with E-state index >= 15 is 0 Å². The van der Waals surface area contributed by atoms with Crippen molar-refractivity contribution in [2.24, 2.45) is 5.92 Å². The summed E-state index contributed by atoms with van der Waals surface area (Å²) in [5.74, 6) is 0.956. The fourth-order valence-electron chi connectivity index (χ4n) is 5.42. The zero-order valence-electron chi connectivity index (χ0n) is 17.5. The third kappa shape index (κ3) is 3.79. The third-order valence-corrected chi connectivity index (χ3v) is 7.62. The zero-order chi connectivity index (χ0) is 21.4. The molecule has 1 aromatic heterocycles. The molecule has 2 aromatic carbocycles. The minimum absolute atomic E-state index is 0.0184. The van der Waals surface area contributed by atoms with Gasteiger partial charge in [-0.2, -0.15) is 0 Å². The highest BCUT2D eigenvalue weighted by Gasteiger charge is 2.42. The number of thiophene rings is 1. The molecule has 3 aromatic rings. The van der Waals surface area contributed by atoms with Gasteiger partial charge in [-0.3, -0.25) is 9.59 Å². The lowest BCUT2D eigenvalue weighted by atomic mass is 9.59. The van der Waals surface area contributed by atoms with Crippen LogP contribution < -0.4 is 10.6 Å². The number of rotatable bonds is 6. The maximum atomic E-state index is 12.8. The second-order valence-corrected chi connectivity index (χ2v) is 9.54. The molecule has 2 N–H and O–H groups in total. The van der Waals surface area contributed by atoms with Gasteiger partial charge in [0.15, 0.2) is 0 Å². The Labute approximate surface area is 186 Å². The predicted octanol–water partition coefficient (Wildman–Crippen LogP) is 4.73. The molecule has 31 heavy (non-hydrogen) atoms. The van der Waals surface area contributed by atoms with E-state index in [4.69, 9.17) is 0 Å². The van der Waals surface area contributed by atoms with E-state index in [-0.39, 0.29) is 24.3 Å². The summed E-state index contributed by atoms with van der Waals surface area (Å²) in [6.45, 7) is 2.14. The summed E-state index contributed by atoms with van der Waals surface area (Å²) < 4.78 is 0. The van der Waals surface area contributed by atoms with Crippen molar-refractivity contribution < 1.29 is 9.59 Å². The maximum Gasteiger partial charge on any atom is 0.222 e. The smallest absolute Gasteiger partial charge is 0.222 e. The fourth-order valence-corrected chi connectivity index (χ4v) is 6.20. The molecule has 5 heteroatoms. The normalized spacial score (nSPS) is 21.6. The first-order valence-corrected chi connectivity index (χ1v) is 11.7. The standard InChI is InChI=1S/C26H26N2O2S/c1-16(29)28-23(24-11-6-12-31-24)14-25(30)27-15-17-13-22-18-7-2-4-9-20(18)26(17)21-10-5-3-8-19(21)22/h2-12,17,22-23,26H,13-15H2,1H3,(H,27,30)(H,28,29)/t17-,22?,23-,26?/m0/s1. The van der Waals surface area contributed by atoms with Crippen LogP contribution in [0.4, 0.5) is 0 Å². The van der Waals surface area contributed by atoms with Crippen LogP contribution in [0.2, 0.25) is 0 Å². The van der Waals surface area contributed by atoms with Crippen LogP contribution in [0, 0.1) is 5.92 Å². The lowest BCUT2D eigenvalue weighted by Gasteiger charge is -2.45. The number of hydrogen-bond acceptors (Lipinski definition) is 3. The number of benzene rings is 2. The molecule has 4 nitrogen and oxygen atoms in total. The quantitative estimate of drug-likeness (QED) is 0.594. The first kappa shape index (κ1) is 20.0. The van der Waals surface area contributed by atoms with Gasteiger partial charge in [0.25, 0.3) is 0 Å². The van der Waals surface area contributed by atoms with Crippen LogP contribution in [0.5, 0.6) is 0 Å². The van der Waals surface area contributed by atoms with Crippen molar-refractivity contribution in [2.45, 2.75) is 37.6 Å². The largest absolute Gasteiger partial charge is 0.356 e. The highest BCUT2D eigenvalue weighted by Crippen LogP contribution is 2.55. The molecule has 0 saturated carbocycles. The van der Waals surface area contributed by atoms with Crippen LogP contribution in [0.1, 0.15) is 64.8 Å². The van der Waals surface area contributed by atoms with Crippen LogP contribution in [0.25, 0.3) is 0 Å². The maximum absolute atomic E-state index is 12.8. The minimum Gasteiger partial charge on any atom is -0.356 e. The van der Waals surface area contributed by atoms with Crippen molar-refractivity contribution in [3.8, 4) is 0 Å². The Hall–Kier alpha value is -2.92. The minimum atomic E-state index is -0.276. The summed E-state index contributed by atoms with van der Waals surface area (Å²) in [7, 11) is 0. The molecule has 0 unspecified atom stereocenters. The van der Waals surface area contributed by atoms with Crippen LogP contribution >= 0.6 is 11.3 Å². The molecule has 3 aliphatic rings. The molecule has 0 aliphatic heterocycles. The fraction of sp³-hybridized carbons (Fsp3) is 0.308. The third-order valence-electron chi connectivity index (χ3n) is 6.64. The molecule has 3 aliphatic carbocycles. The zero-order valence-corrected chi connectivity index (χ0v) is 18.3. The molecule has 0 radical (unpaired) electrons. The van der Waals surface area contributed by atoms with Gasteiger partial charge in [0.05, 0.1) is 12.5 Å². The van der Waals surface area contributed by atoms with Gasteiger partial charge in [0.1, 0.15) is 0 Å². The van der Waals surface area contributed by atoms with Gasteiger partial charge in [-0.05, 0) is 46.0 Å². The van der Waals surface area contributed by atoms with Crippen LogP contribution in [-0.2, 0) is 9.59 Å². The molecule has 2 bridgehead atoms. The highest BCUT2D eigenvalue weighted by atomic mass is 32.1. The summed E-state index contributed by atoms with van der Waals surface area (Å²) in [5.41, 5.74) is 5.70. The Kier molecular flexibility index (Phi) is 5.36. The van der Waals surface area contributed by atoms with Crippen LogP contribution in [-0.4, -0.2) is 18.4 Å². The van der Waals surface area contributed by atoms with Gasteiger partial charge in [0.2, 0.25) is 11.8 Å². The first-order chi connectivity index (χ1) is 15.1. The number of carbonyl (C=O) groups is 2. The molecule has 1 heterocycles. The van der Waals surface area contributed by atoms with E-state index in [2.05, 4.69) is 59.2 Å². The van der Waals surface area contributed by atoms with Gasteiger partial charge in [-0.15, -0.1) is 11.3 Å². The number of nitrogens with one attached hydrogen (secondary N) is 2. The van der Waals surface area contributed by atoms with Crippen molar-refractivity contribution in [1.29, 1.82) is 0 Å². The molecule has 0 spiro atoms. The first-order valence-electron chi connectivity index (χ1n) is 10.9. The Bertz CT molecular complexity index is 1060. The number of fused-ring (bicyclic) bond motifs is 1. The van der Waals surface area contributed by atoms with Crippen LogP contribution in [0.3, 0.4) is 0 Å². The van der Waals surface area contributed by atoms with Crippen LogP contribution in [0.15, 0.2) is 66.0 Å². The van der Waals surface area contributed by atoms with Gasteiger partial charge >= 0.3 is 0 Å². The van der Waals surface area contributed by atoms with Gasteiger partial charge in [0, 0.05) is 30.2 Å². The summed E-state index contributed by atoms with van der Waals surface area (Å²) in [6, 6.07) is 21.2. The second kappa shape index (κ2) is 8.31. The van der Waals surface area contributed by atoms with Gasteiger partial charge < -0.3 is 10.6 Å². The Balaban J connectivity index is 1.31. The lowest BCUT2D eigenvalue weighted by Crippen LogP contribution is -2.40. The summed E-state index contributed by atoms with van der Waals surface area (Å²) >= 11 is 1.56. The Morgan fingerprint density at radius 1 is 0.968 bits per heavy atom. The Morgan fingerprint density at radius 3 is 2.19 bits per heavy atom. The average molecular weight is 431 g/mol. The molecular formula is C26H26N2O2S. The van der Waals surface area contributed by atoms with Gasteiger partial charge in [-0.1, -0.05) is 54.6 Å². The van der Waals surface area contributed by atoms with E-state index in [1.165, 1.54) is 29.2 Å². The molecule has 0 fully saturated rings. The van der Waals surface area contributed by atoms with E-state index in [9.17, 15) is 9.59 Å².